The number of halogens is 3. The monoisotopic (exact) mass is 415 g/mol. The molecule has 0 unspecified atom stereocenters. The Morgan fingerprint density at radius 3 is 2.58 bits per heavy atom. The van der Waals surface area contributed by atoms with E-state index < -0.39 is 21.9 Å². The third-order valence-corrected chi connectivity index (χ3v) is 6.04. The van der Waals surface area contributed by atoms with Crippen molar-refractivity contribution in [3.05, 3.63) is 16.1 Å². The number of thiazole rings is 1. The first-order valence-corrected chi connectivity index (χ1v) is 10.6. The summed E-state index contributed by atoms with van der Waals surface area (Å²) in [7, 11) is -1.68. The zero-order valence-corrected chi connectivity index (χ0v) is 16.6. The summed E-state index contributed by atoms with van der Waals surface area (Å²) in [6.45, 7) is 4.90. The number of nitrogens with one attached hydrogen (secondary N) is 2. The highest BCUT2D eigenvalue weighted by Gasteiger charge is 2.33. The van der Waals surface area contributed by atoms with Crippen molar-refractivity contribution in [1.29, 1.82) is 0 Å². The van der Waals surface area contributed by atoms with Crippen molar-refractivity contribution in [3.63, 3.8) is 0 Å². The van der Waals surface area contributed by atoms with Crippen LogP contribution in [0.5, 0.6) is 0 Å². The van der Waals surface area contributed by atoms with Crippen LogP contribution >= 0.6 is 11.3 Å². The molecular formula is C14H24F3N5O2S2. The first kappa shape index (κ1) is 22.6. The molecule has 150 valence electrons. The molecule has 1 rings (SSSR count). The summed E-state index contributed by atoms with van der Waals surface area (Å²) in [6.07, 6.45) is -3.89. The second-order valence-electron chi connectivity index (χ2n) is 5.32. The molecule has 0 saturated carbocycles. The summed E-state index contributed by atoms with van der Waals surface area (Å²) in [5.41, 5.74) is -0.911. The summed E-state index contributed by atoms with van der Waals surface area (Å²) in [5.74, 6) is 0.492. The Labute approximate surface area is 155 Å². The average Bonchev–Trinajstić information content (AvgIpc) is 3.05. The predicted molar refractivity (Wildman–Crippen MR) is 96.6 cm³/mol. The molecule has 2 N–H and O–H groups in total. The maximum Gasteiger partial charge on any atom is 0.434 e. The molecule has 1 aromatic heterocycles. The number of rotatable bonds is 9. The quantitative estimate of drug-likeness (QED) is 0.365. The standard InChI is InChI=1S/C14H24F3N5O2S2/c1-4-18-13(19-7-6-8-22(3)26(23,24)5-2)20-9-12-21-11(10-25-12)14(15,16)17/h10H,4-9H2,1-3H3,(H2,18,19,20). The Bertz CT molecular complexity index is 689. The topological polar surface area (TPSA) is 86.7 Å². The third-order valence-electron chi connectivity index (χ3n) is 3.34. The van der Waals surface area contributed by atoms with Crippen molar-refractivity contribution in [2.24, 2.45) is 4.99 Å². The molecule has 26 heavy (non-hydrogen) atoms. The van der Waals surface area contributed by atoms with Gasteiger partial charge in [0.25, 0.3) is 0 Å². The van der Waals surface area contributed by atoms with Crippen LogP contribution in [0.3, 0.4) is 0 Å². The smallest absolute Gasteiger partial charge is 0.357 e. The highest BCUT2D eigenvalue weighted by atomic mass is 32.2. The largest absolute Gasteiger partial charge is 0.434 e. The van der Waals surface area contributed by atoms with Crippen LogP contribution in [0.2, 0.25) is 0 Å². The van der Waals surface area contributed by atoms with E-state index in [4.69, 9.17) is 0 Å². The van der Waals surface area contributed by atoms with Gasteiger partial charge in [0.15, 0.2) is 11.7 Å². The lowest BCUT2D eigenvalue weighted by Gasteiger charge is -2.16. The molecule has 0 radical (unpaired) electrons. The van der Waals surface area contributed by atoms with Crippen LogP contribution in [0.4, 0.5) is 13.2 Å². The molecule has 0 aliphatic carbocycles. The lowest BCUT2D eigenvalue weighted by molar-refractivity contribution is -0.140. The molecule has 0 bridgehead atoms. The summed E-state index contributed by atoms with van der Waals surface area (Å²) < 4.78 is 62.2. The second kappa shape index (κ2) is 10.1. The molecule has 7 nitrogen and oxygen atoms in total. The third kappa shape index (κ3) is 7.46. The van der Waals surface area contributed by atoms with Crippen LogP contribution in [0.15, 0.2) is 10.4 Å². The molecule has 1 aromatic rings. The van der Waals surface area contributed by atoms with Gasteiger partial charge >= 0.3 is 6.18 Å². The summed E-state index contributed by atoms with van der Waals surface area (Å²) >= 11 is 0.907. The number of guanidine groups is 1. The summed E-state index contributed by atoms with van der Waals surface area (Å²) in [6, 6.07) is 0. The lowest BCUT2D eigenvalue weighted by atomic mass is 10.4. The van der Waals surface area contributed by atoms with Crippen molar-refractivity contribution in [3.8, 4) is 0 Å². The summed E-state index contributed by atoms with van der Waals surface area (Å²) in [4.78, 5) is 7.73. The van der Waals surface area contributed by atoms with Crippen LogP contribution in [-0.2, 0) is 22.7 Å². The molecule has 0 aromatic carbocycles. The van der Waals surface area contributed by atoms with Gasteiger partial charge in [0.2, 0.25) is 10.0 Å². The molecule has 0 saturated heterocycles. The molecular weight excluding hydrogens is 391 g/mol. The second-order valence-corrected chi connectivity index (χ2v) is 8.63. The lowest BCUT2D eigenvalue weighted by Crippen LogP contribution is -2.39. The van der Waals surface area contributed by atoms with E-state index in [0.717, 1.165) is 16.7 Å². The fraction of sp³-hybridized carbons (Fsp3) is 0.714. The molecule has 0 atom stereocenters. The first-order valence-electron chi connectivity index (χ1n) is 8.08. The van der Waals surface area contributed by atoms with E-state index in [9.17, 15) is 21.6 Å². The normalized spacial score (nSPS) is 13.3. The van der Waals surface area contributed by atoms with Crippen LogP contribution < -0.4 is 10.6 Å². The van der Waals surface area contributed by atoms with Gasteiger partial charge in [0.05, 0.1) is 12.3 Å². The molecule has 0 amide bonds. The van der Waals surface area contributed by atoms with Crippen molar-refractivity contribution < 1.29 is 21.6 Å². The number of sulfonamides is 1. The van der Waals surface area contributed by atoms with Crippen LogP contribution in [0.25, 0.3) is 0 Å². The van der Waals surface area contributed by atoms with Crippen LogP contribution in [-0.4, -0.2) is 56.1 Å². The highest BCUT2D eigenvalue weighted by molar-refractivity contribution is 7.89. The minimum absolute atomic E-state index is 0.0280. The highest BCUT2D eigenvalue weighted by Crippen LogP contribution is 2.30. The Hall–Kier alpha value is -1.40. The van der Waals surface area contributed by atoms with Crippen molar-refractivity contribution >= 4 is 27.3 Å². The maximum atomic E-state index is 12.5. The Balaban J connectivity index is 2.52. The molecule has 0 spiro atoms. The number of aromatic nitrogens is 1. The number of alkyl halides is 3. The Morgan fingerprint density at radius 1 is 1.35 bits per heavy atom. The van der Waals surface area contributed by atoms with Gasteiger partial charge in [-0.25, -0.2) is 22.7 Å². The SMILES string of the molecule is CCNC(=NCc1nc(C(F)(F)F)cs1)NCCCN(C)S(=O)(=O)CC. The van der Waals surface area contributed by atoms with Crippen molar-refractivity contribution in [1.82, 2.24) is 19.9 Å². The van der Waals surface area contributed by atoms with Gasteiger partial charge in [-0.05, 0) is 20.3 Å². The molecule has 0 fully saturated rings. The summed E-state index contributed by atoms with van der Waals surface area (Å²) in [5, 5.41) is 7.24. The Kier molecular flexibility index (Phi) is 8.77. The minimum Gasteiger partial charge on any atom is -0.357 e. The average molecular weight is 416 g/mol. The zero-order valence-electron chi connectivity index (χ0n) is 14.9. The van der Waals surface area contributed by atoms with E-state index in [0.29, 0.717) is 32.0 Å². The molecule has 0 aliphatic heterocycles. The van der Waals surface area contributed by atoms with E-state index in [2.05, 4.69) is 20.6 Å². The predicted octanol–water partition coefficient (Wildman–Crippen LogP) is 1.89. The number of hydrogen-bond acceptors (Lipinski definition) is 5. The Morgan fingerprint density at radius 2 is 2.04 bits per heavy atom. The van der Waals surface area contributed by atoms with Gasteiger partial charge in [-0.1, -0.05) is 0 Å². The maximum absolute atomic E-state index is 12.5. The minimum atomic E-state index is -4.45. The van der Waals surface area contributed by atoms with Crippen molar-refractivity contribution in [2.75, 3.05) is 32.4 Å². The fourth-order valence-electron chi connectivity index (χ4n) is 1.87. The molecule has 0 aliphatic rings. The fourth-order valence-corrected chi connectivity index (χ4v) is 3.44. The van der Waals surface area contributed by atoms with Gasteiger partial charge in [0, 0.05) is 32.1 Å². The van der Waals surface area contributed by atoms with Gasteiger partial charge in [0.1, 0.15) is 5.01 Å². The van der Waals surface area contributed by atoms with E-state index in [1.54, 1.807) is 6.92 Å². The van der Waals surface area contributed by atoms with E-state index in [-0.39, 0.29) is 17.3 Å². The van der Waals surface area contributed by atoms with Crippen LogP contribution in [0, 0.1) is 0 Å². The van der Waals surface area contributed by atoms with E-state index in [1.165, 1.54) is 11.4 Å². The van der Waals surface area contributed by atoms with Gasteiger partial charge < -0.3 is 10.6 Å². The number of aliphatic imine (C=N–C) groups is 1. The number of nitrogens with zero attached hydrogens (tertiary/aromatic N) is 3. The molecule has 12 heteroatoms. The zero-order chi connectivity index (χ0) is 19.8. The van der Waals surface area contributed by atoms with Crippen molar-refractivity contribution in [2.45, 2.75) is 33.0 Å². The molecule has 1 heterocycles. The first-order chi connectivity index (χ1) is 12.1. The van der Waals surface area contributed by atoms with Gasteiger partial charge in [-0.2, -0.15) is 13.2 Å². The van der Waals surface area contributed by atoms with E-state index >= 15 is 0 Å². The van der Waals surface area contributed by atoms with Gasteiger partial charge in [-0.3, -0.25) is 0 Å². The van der Waals surface area contributed by atoms with Gasteiger partial charge in [-0.15, -0.1) is 11.3 Å². The number of hydrogen-bond donors (Lipinski definition) is 2. The van der Waals surface area contributed by atoms with E-state index in [1.807, 2.05) is 6.92 Å². The van der Waals surface area contributed by atoms with Crippen LogP contribution in [0.1, 0.15) is 31.0 Å².